The van der Waals surface area contributed by atoms with Crippen molar-refractivity contribution < 1.29 is 29.2 Å². The van der Waals surface area contributed by atoms with Crippen molar-refractivity contribution in [2.24, 2.45) is 0 Å². The predicted molar refractivity (Wildman–Crippen MR) is 74.9 cm³/mol. The molecular formula is C15H22O6. The number of hydrogen-bond donors (Lipinski definition) is 2. The van der Waals surface area contributed by atoms with Gasteiger partial charge in [0.2, 0.25) is 0 Å². The first-order chi connectivity index (χ1) is 10.1. The maximum atomic E-state index is 10.1. The lowest BCUT2D eigenvalue weighted by Crippen LogP contribution is -2.58. The summed E-state index contributed by atoms with van der Waals surface area (Å²) in [6.45, 7) is 1.98. The fraction of sp³-hybridized carbons (Fsp3) is 0.600. The van der Waals surface area contributed by atoms with Crippen LogP contribution >= 0.6 is 0 Å². The molecule has 1 aromatic rings. The molecular weight excluding hydrogens is 276 g/mol. The number of methoxy groups -OCH3 is 2. The number of aliphatic hydroxyl groups excluding tert-OH is 2. The first kappa shape index (κ1) is 16.2. The van der Waals surface area contributed by atoms with E-state index in [1.165, 1.54) is 7.11 Å². The summed E-state index contributed by atoms with van der Waals surface area (Å²) in [5.74, 6) is 0.762. The molecule has 6 heteroatoms. The largest absolute Gasteiger partial charge is 0.497 e. The van der Waals surface area contributed by atoms with E-state index in [0.717, 1.165) is 11.3 Å². The third-order valence-electron chi connectivity index (χ3n) is 3.62. The highest BCUT2D eigenvalue weighted by Gasteiger charge is 2.43. The van der Waals surface area contributed by atoms with E-state index in [0.29, 0.717) is 0 Å². The van der Waals surface area contributed by atoms with Crippen LogP contribution in [0.1, 0.15) is 12.5 Å². The normalized spacial score (nSPS) is 32.9. The minimum atomic E-state index is -1.04. The Balaban J connectivity index is 1.98. The van der Waals surface area contributed by atoms with E-state index in [1.54, 1.807) is 14.0 Å². The summed E-state index contributed by atoms with van der Waals surface area (Å²) in [6.07, 6.45) is -3.99. The monoisotopic (exact) mass is 298 g/mol. The van der Waals surface area contributed by atoms with Crippen LogP contribution in [0.15, 0.2) is 24.3 Å². The zero-order chi connectivity index (χ0) is 15.4. The molecule has 1 heterocycles. The molecule has 1 fully saturated rings. The second-order valence-corrected chi connectivity index (χ2v) is 5.05. The first-order valence-corrected chi connectivity index (χ1v) is 6.85. The molecule has 118 valence electrons. The van der Waals surface area contributed by atoms with Crippen molar-refractivity contribution >= 4 is 0 Å². The molecule has 0 aromatic heterocycles. The number of aliphatic hydroxyl groups is 2. The van der Waals surface area contributed by atoms with Crippen LogP contribution in [-0.2, 0) is 20.8 Å². The average molecular weight is 298 g/mol. The van der Waals surface area contributed by atoms with Crippen molar-refractivity contribution in [1.29, 1.82) is 0 Å². The maximum absolute atomic E-state index is 10.1. The molecule has 1 aromatic carbocycles. The van der Waals surface area contributed by atoms with Crippen LogP contribution in [-0.4, -0.2) is 55.1 Å². The van der Waals surface area contributed by atoms with Crippen LogP contribution < -0.4 is 4.74 Å². The summed E-state index contributed by atoms with van der Waals surface area (Å²) in [5.41, 5.74) is 0.920. The van der Waals surface area contributed by atoms with E-state index in [2.05, 4.69) is 0 Å². The molecule has 0 spiro atoms. The Morgan fingerprint density at radius 2 is 1.76 bits per heavy atom. The molecule has 0 aliphatic carbocycles. The van der Waals surface area contributed by atoms with Gasteiger partial charge in [-0.25, -0.2) is 0 Å². The minimum absolute atomic E-state index is 0.270. The topological polar surface area (TPSA) is 77.4 Å². The highest BCUT2D eigenvalue weighted by molar-refractivity contribution is 5.26. The smallest absolute Gasteiger partial charge is 0.186 e. The van der Waals surface area contributed by atoms with Crippen molar-refractivity contribution in [1.82, 2.24) is 0 Å². The standard InChI is InChI=1S/C15H22O6/c1-9-12(16)14(13(17)15(19-3)21-9)20-8-10-4-6-11(18-2)7-5-10/h4-7,9,12-17H,8H2,1-3H3/t9-,12-,13+,14+,15+/m1/s1. The minimum Gasteiger partial charge on any atom is -0.497 e. The second-order valence-electron chi connectivity index (χ2n) is 5.05. The summed E-state index contributed by atoms with van der Waals surface area (Å²) in [7, 11) is 3.05. The summed E-state index contributed by atoms with van der Waals surface area (Å²) in [5, 5.41) is 20.2. The van der Waals surface area contributed by atoms with Crippen molar-refractivity contribution in [2.75, 3.05) is 14.2 Å². The van der Waals surface area contributed by atoms with Crippen LogP contribution in [0.2, 0.25) is 0 Å². The lowest BCUT2D eigenvalue weighted by Gasteiger charge is -2.40. The van der Waals surface area contributed by atoms with Crippen LogP contribution in [0.3, 0.4) is 0 Å². The summed E-state index contributed by atoms with van der Waals surface area (Å²) in [4.78, 5) is 0. The fourth-order valence-corrected chi connectivity index (χ4v) is 2.30. The van der Waals surface area contributed by atoms with Crippen molar-refractivity contribution in [3.05, 3.63) is 29.8 Å². The Morgan fingerprint density at radius 3 is 2.33 bits per heavy atom. The molecule has 0 bridgehead atoms. The van der Waals surface area contributed by atoms with Gasteiger partial charge in [-0.1, -0.05) is 12.1 Å². The Hall–Kier alpha value is -1.18. The Bertz CT molecular complexity index is 434. The van der Waals surface area contributed by atoms with E-state index in [4.69, 9.17) is 18.9 Å². The van der Waals surface area contributed by atoms with E-state index >= 15 is 0 Å². The highest BCUT2D eigenvalue weighted by Crippen LogP contribution is 2.25. The lowest BCUT2D eigenvalue weighted by molar-refractivity contribution is -0.295. The fourth-order valence-electron chi connectivity index (χ4n) is 2.30. The van der Waals surface area contributed by atoms with Gasteiger partial charge in [0.1, 0.15) is 24.1 Å². The molecule has 1 aliphatic rings. The quantitative estimate of drug-likeness (QED) is 0.833. The van der Waals surface area contributed by atoms with Crippen molar-refractivity contribution in [3.63, 3.8) is 0 Å². The molecule has 2 N–H and O–H groups in total. The molecule has 2 rings (SSSR count). The molecule has 5 atom stereocenters. The van der Waals surface area contributed by atoms with Crippen molar-refractivity contribution in [2.45, 2.75) is 44.2 Å². The van der Waals surface area contributed by atoms with Crippen LogP contribution in [0.4, 0.5) is 0 Å². The molecule has 0 amide bonds. The molecule has 1 aliphatic heterocycles. The highest BCUT2D eigenvalue weighted by atomic mass is 16.7. The Morgan fingerprint density at radius 1 is 1.10 bits per heavy atom. The van der Waals surface area contributed by atoms with Crippen LogP contribution in [0.5, 0.6) is 5.75 Å². The van der Waals surface area contributed by atoms with Gasteiger partial charge in [-0.15, -0.1) is 0 Å². The first-order valence-electron chi connectivity index (χ1n) is 6.85. The second kappa shape index (κ2) is 7.20. The Kier molecular flexibility index (Phi) is 5.55. The van der Waals surface area contributed by atoms with Crippen molar-refractivity contribution in [3.8, 4) is 5.75 Å². The van der Waals surface area contributed by atoms with Crippen LogP contribution in [0, 0.1) is 0 Å². The van der Waals surface area contributed by atoms with Gasteiger partial charge in [0.25, 0.3) is 0 Å². The molecule has 6 nitrogen and oxygen atoms in total. The van der Waals surface area contributed by atoms with E-state index < -0.39 is 30.7 Å². The Labute approximate surface area is 124 Å². The van der Waals surface area contributed by atoms with Gasteiger partial charge in [0.15, 0.2) is 6.29 Å². The molecule has 21 heavy (non-hydrogen) atoms. The van der Waals surface area contributed by atoms with E-state index in [1.807, 2.05) is 24.3 Å². The SMILES string of the molecule is COc1ccc(CO[C@@H]2[C@H](O)[C@@H](OC)O[C@H](C)[C@H]2O)cc1. The molecule has 0 radical (unpaired) electrons. The van der Waals surface area contributed by atoms with E-state index in [-0.39, 0.29) is 6.61 Å². The van der Waals surface area contributed by atoms with Gasteiger partial charge in [-0.05, 0) is 24.6 Å². The number of hydrogen-bond acceptors (Lipinski definition) is 6. The van der Waals surface area contributed by atoms with Crippen LogP contribution in [0.25, 0.3) is 0 Å². The van der Waals surface area contributed by atoms with Gasteiger partial charge in [-0.3, -0.25) is 0 Å². The van der Waals surface area contributed by atoms with Gasteiger partial charge in [-0.2, -0.15) is 0 Å². The molecule has 0 unspecified atom stereocenters. The third kappa shape index (κ3) is 3.72. The molecule has 0 saturated carbocycles. The van der Waals surface area contributed by atoms with E-state index in [9.17, 15) is 10.2 Å². The molecule has 1 saturated heterocycles. The lowest BCUT2D eigenvalue weighted by atomic mass is 9.99. The third-order valence-corrected chi connectivity index (χ3v) is 3.62. The maximum Gasteiger partial charge on any atom is 0.186 e. The zero-order valence-electron chi connectivity index (χ0n) is 12.4. The summed E-state index contributed by atoms with van der Waals surface area (Å²) >= 11 is 0. The van der Waals surface area contributed by atoms with Gasteiger partial charge in [0, 0.05) is 7.11 Å². The summed E-state index contributed by atoms with van der Waals surface area (Å²) in [6, 6.07) is 7.40. The zero-order valence-corrected chi connectivity index (χ0v) is 12.4. The predicted octanol–water partition coefficient (Wildman–Crippen LogP) is 0.693. The average Bonchev–Trinajstić information content (AvgIpc) is 2.51. The van der Waals surface area contributed by atoms with Gasteiger partial charge < -0.3 is 29.2 Å². The number of rotatable bonds is 5. The number of ether oxygens (including phenoxy) is 4. The number of benzene rings is 1. The van der Waals surface area contributed by atoms with Gasteiger partial charge >= 0.3 is 0 Å². The van der Waals surface area contributed by atoms with Gasteiger partial charge in [0.05, 0.1) is 19.8 Å². The summed E-state index contributed by atoms with van der Waals surface area (Å²) < 4.78 is 21.2.